The average molecular weight is 228 g/mol. The summed E-state index contributed by atoms with van der Waals surface area (Å²) in [7, 11) is -1.20. The van der Waals surface area contributed by atoms with E-state index in [1.165, 1.54) is 24.9 Å². The minimum atomic E-state index is -1.20. The summed E-state index contributed by atoms with van der Waals surface area (Å²) in [6.07, 6.45) is 4.38. The Kier molecular flexibility index (Phi) is 6.57. The molecule has 0 unspecified atom stereocenters. The van der Waals surface area contributed by atoms with Gasteiger partial charge in [0, 0.05) is 5.57 Å². The quantitative estimate of drug-likeness (QED) is 0.530. The molecule has 0 aromatic heterocycles. The molecule has 0 aromatic carbocycles. The van der Waals surface area contributed by atoms with Gasteiger partial charge in [-0.3, -0.25) is 0 Å². The Hall–Kier alpha value is -0.573. The molecule has 0 aliphatic rings. The minimum absolute atomic E-state index is 0.501. The molecule has 0 fully saturated rings. The molecule has 0 aliphatic carbocycles. The molecule has 0 aromatic rings. The van der Waals surface area contributed by atoms with Crippen molar-refractivity contribution in [2.75, 3.05) is 0 Å². The van der Waals surface area contributed by atoms with Gasteiger partial charge in [0.1, 0.15) is 0 Å². The topological polar surface area (TPSA) is 37.3 Å². The molecule has 1 N–H and O–H groups in total. The van der Waals surface area contributed by atoms with Crippen LogP contribution in [0.5, 0.6) is 0 Å². The van der Waals surface area contributed by atoms with Gasteiger partial charge in [0.15, 0.2) is 0 Å². The summed E-state index contributed by atoms with van der Waals surface area (Å²) in [5, 5.41) is 8.79. The van der Waals surface area contributed by atoms with Crippen molar-refractivity contribution in [1.82, 2.24) is 0 Å². The van der Waals surface area contributed by atoms with Crippen LogP contribution in [0.2, 0.25) is 24.7 Å². The Morgan fingerprint density at radius 1 is 1.27 bits per heavy atom. The van der Waals surface area contributed by atoms with Gasteiger partial charge in [-0.2, -0.15) is 0 Å². The van der Waals surface area contributed by atoms with E-state index in [1.807, 2.05) is 6.08 Å². The number of allylic oxidation sites excluding steroid dienone is 1. The third-order valence-electron chi connectivity index (χ3n) is 2.95. The first-order chi connectivity index (χ1) is 6.95. The molecule has 0 atom stereocenters. The van der Waals surface area contributed by atoms with E-state index in [2.05, 4.69) is 20.4 Å². The maximum absolute atomic E-state index is 10.7. The van der Waals surface area contributed by atoms with Gasteiger partial charge in [-0.15, -0.1) is 0 Å². The van der Waals surface area contributed by atoms with Crippen LogP contribution in [-0.2, 0) is 4.79 Å². The second-order valence-electron chi connectivity index (χ2n) is 4.71. The number of carboxylic acid groups (broad SMARTS) is 1. The summed E-state index contributed by atoms with van der Waals surface area (Å²) in [5.41, 5.74) is 0.501. The second-order valence-corrected chi connectivity index (χ2v) is 9.74. The molecule has 0 rings (SSSR count). The van der Waals surface area contributed by atoms with Gasteiger partial charge in [0.05, 0.1) is 8.07 Å². The molecule has 2 nitrogen and oxygen atoms in total. The fourth-order valence-corrected chi connectivity index (χ4v) is 5.89. The third kappa shape index (κ3) is 5.77. The van der Waals surface area contributed by atoms with Gasteiger partial charge in [-0.1, -0.05) is 51.4 Å². The lowest BCUT2D eigenvalue weighted by atomic mass is 10.3. The molecule has 0 amide bonds. The number of carbonyl (C=O) groups is 1. The number of hydrogen-bond acceptors (Lipinski definition) is 1. The lowest BCUT2D eigenvalue weighted by molar-refractivity contribution is -0.132. The predicted octanol–water partition coefficient (Wildman–Crippen LogP) is 3.92. The van der Waals surface area contributed by atoms with Gasteiger partial charge >= 0.3 is 5.97 Å². The van der Waals surface area contributed by atoms with Gasteiger partial charge in [-0.05, 0) is 13.0 Å². The van der Waals surface area contributed by atoms with E-state index in [0.29, 0.717) is 5.57 Å². The van der Waals surface area contributed by atoms with Crippen LogP contribution < -0.4 is 0 Å². The molecule has 0 saturated heterocycles. The smallest absolute Gasteiger partial charge is 0.330 e. The first kappa shape index (κ1) is 14.4. The highest BCUT2D eigenvalue weighted by Crippen LogP contribution is 2.25. The zero-order valence-corrected chi connectivity index (χ0v) is 11.5. The van der Waals surface area contributed by atoms with E-state index < -0.39 is 14.0 Å². The Morgan fingerprint density at radius 2 is 1.73 bits per heavy atom. The van der Waals surface area contributed by atoms with E-state index in [4.69, 9.17) is 5.11 Å². The second kappa shape index (κ2) is 6.83. The van der Waals surface area contributed by atoms with Crippen LogP contribution in [0.25, 0.3) is 0 Å². The summed E-state index contributed by atoms with van der Waals surface area (Å²) >= 11 is 0. The van der Waals surface area contributed by atoms with E-state index >= 15 is 0 Å². The maximum atomic E-state index is 10.7. The van der Waals surface area contributed by atoms with Crippen LogP contribution in [0, 0.1) is 0 Å². The molecule has 0 bridgehead atoms. The fraction of sp³-hybridized carbons (Fsp3) is 0.750. The van der Waals surface area contributed by atoms with Gasteiger partial charge in [-0.25, -0.2) is 4.79 Å². The van der Waals surface area contributed by atoms with Crippen LogP contribution in [0.15, 0.2) is 11.6 Å². The lowest BCUT2D eigenvalue weighted by Crippen LogP contribution is -2.28. The zero-order valence-electron chi connectivity index (χ0n) is 10.5. The highest BCUT2D eigenvalue weighted by molar-refractivity contribution is 6.79. The van der Waals surface area contributed by atoms with E-state index in [0.717, 1.165) is 6.04 Å². The average Bonchev–Trinajstić information content (AvgIpc) is 2.15. The van der Waals surface area contributed by atoms with Crippen LogP contribution in [-0.4, -0.2) is 19.1 Å². The molecule has 0 heterocycles. The van der Waals surface area contributed by atoms with Crippen molar-refractivity contribution < 1.29 is 9.90 Å². The standard InChI is InChI=1S/C12H24O2Si/c1-5-8-15(4,9-6-2)10-7-11(3)12(13)14/h7H,5-6,8-10H2,1-4H3,(H,13,14). The van der Waals surface area contributed by atoms with E-state index in [9.17, 15) is 4.79 Å². The Morgan fingerprint density at radius 3 is 2.07 bits per heavy atom. The normalized spacial score (nSPS) is 12.9. The van der Waals surface area contributed by atoms with Crippen LogP contribution in [0.3, 0.4) is 0 Å². The monoisotopic (exact) mass is 228 g/mol. The third-order valence-corrected chi connectivity index (χ3v) is 7.55. The SMILES string of the molecule is CCC[Si](C)(CC=C(C)C(=O)O)CCC. The highest BCUT2D eigenvalue weighted by atomic mass is 28.3. The number of aliphatic carboxylic acids is 1. The van der Waals surface area contributed by atoms with Crippen LogP contribution in [0.1, 0.15) is 33.6 Å². The van der Waals surface area contributed by atoms with Crippen molar-refractivity contribution in [2.24, 2.45) is 0 Å². The highest BCUT2D eigenvalue weighted by Gasteiger charge is 2.23. The molecule has 0 saturated carbocycles. The van der Waals surface area contributed by atoms with Crippen molar-refractivity contribution >= 4 is 14.0 Å². The van der Waals surface area contributed by atoms with E-state index in [-0.39, 0.29) is 0 Å². The Balaban J connectivity index is 4.41. The molecule has 0 radical (unpaired) electrons. The summed E-state index contributed by atoms with van der Waals surface area (Å²) in [6.45, 7) is 8.52. The molecular formula is C12H24O2Si. The molecule has 88 valence electrons. The first-order valence-corrected chi connectivity index (χ1v) is 8.97. The van der Waals surface area contributed by atoms with Crippen molar-refractivity contribution in [1.29, 1.82) is 0 Å². The van der Waals surface area contributed by atoms with Crippen molar-refractivity contribution in [3.05, 3.63) is 11.6 Å². The van der Waals surface area contributed by atoms with Gasteiger partial charge in [0.2, 0.25) is 0 Å². The van der Waals surface area contributed by atoms with Crippen LogP contribution >= 0.6 is 0 Å². The maximum Gasteiger partial charge on any atom is 0.330 e. The zero-order chi connectivity index (χ0) is 11.9. The molecular weight excluding hydrogens is 204 g/mol. The van der Waals surface area contributed by atoms with Crippen LogP contribution in [0.4, 0.5) is 0 Å². The van der Waals surface area contributed by atoms with Gasteiger partial charge in [0.25, 0.3) is 0 Å². The largest absolute Gasteiger partial charge is 0.478 e. The van der Waals surface area contributed by atoms with E-state index in [1.54, 1.807) is 6.92 Å². The molecule has 0 aliphatic heterocycles. The molecule has 0 spiro atoms. The fourth-order valence-electron chi connectivity index (χ4n) is 2.02. The number of carboxylic acids is 1. The molecule has 3 heteroatoms. The predicted molar refractivity (Wildman–Crippen MR) is 68.0 cm³/mol. The number of hydrogen-bond donors (Lipinski definition) is 1. The first-order valence-electron chi connectivity index (χ1n) is 5.85. The summed E-state index contributed by atoms with van der Waals surface area (Å²) in [4.78, 5) is 10.7. The Bertz CT molecular complexity index is 228. The molecule has 15 heavy (non-hydrogen) atoms. The van der Waals surface area contributed by atoms with Gasteiger partial charge < -0.3 is 5.11 Å². The van der Waals surface area contributed by atoms with Crippen molar-refractivity contribution in [3.63, 3.8) is 0 Å². The summed E-state index contributed by atoms with van der Waals surface area (Å²) < 4.78 is 0. The van der Waals surface area contributed by atoms with Crippen molar-refractivity contribution in [2.45, 2.75) is 58.3 Å². The van der Waals surface area contributed by atoms with Crippen molar-refractivity contribution in [3.8, 4) is 0 Å². The summed E-state index contributed by atoms with van der Waals surface area (Å²) in [6, 6.07) is 3.64. The Labute approximate surface area is 94.4 Å². The minimum Gasteiger partial charge on any atom is -0.478 e. The lowest BCUT2D eigenvalue weighted by Gasteiger charge is -2.25. The number of rotatable bonds is 7. The summed E-state index contributed by atoms with van der Waals surface area (Å²) in [5.74, 6) is -0.778.